The Kier molecular flexibility index (Phi) is 4.22. The van der Waals surface area contributed by atoms with Gasteiger partial charge in [0, 0.05) is 17.7 Å². The van der Waals surface area contributed by atoms with Crippen LogP contribution in [0.15, 0.2) is 59.0 Å². The number of allylic oxidation sites excluding steroid dienone is 1. The third kappa shape index (κ3) is 3.86. The molecule has 0 unspecified atom stereocenters. The third-order valence-corrected chi connectivity index (χ3v) is 4.26. The molecule has 1 aromatic heterocycles. The topological polar surface area (TPSA) is 55.1 Å². The van der Waals surface area contributed by atoms with Crippen molar-refractivity contribution in [3.63, 3.8) is 0 Å². The quantitative estimate of drug-likeness (QED) is 0.633. The fourth-order valence-corrected chi connectivity index (χ4v) is 2.78. The second-order valence-corrected chi connectivity index (χ2v) is 6.42. The molecule has 3 aromatic rings. The smallest absolute Gasteiger partial charge is 0.417 e. The maximum absolute atomic E-state index is 13.3. The maximum Gasteiger partial charge on any atom is 0.417 e. The van der Waals surface area contributed by atoms with Gasteiger partial charge in [-0.15, -0.1) is 0 Å². The van der Waals surface area contributed by atoms with E-state index in [1.54, 1.807) is 24.3 Å². The Labute approximate surface area is 152 Å². The van der Waals surface area contributed by atoms with E-state index in [1.165, 1.54) is 24.3 Å². The van der Waals surface area contributed by atoms with Gasteiger partial charge in [-0.2, -0.15) is 13.2 Å². The summed E-state index contributed by atoms with van der Waals surface area (Å²) in [5.74, 6) is 0.145. The molecule has 0 radical (unpaired) electrons. The van der Waals surface area contributed by atoms with Crippen LogP contribution in [0.4, 0.5) is 18.9 Å². The lowest BCUT2D eigenvalue weighted by Gasteiger charge is -2.12. The molecule has 4 nitrogen and oxygen atoms in total. The number of nitrogens with zero attached hydrogens (tertiary/aromatic N) is 1. The van der Waals surface area contributed by atoms with E-state index in [1.807, 2.05) is 0 Å². The van der Waals surface area contributed by atoms with Gasteiger partial charge < -0.3 is 9.73 Å². The van der Waals surface area contributed by atoms with Gasteiger partial charge in [0.05, 0.1) is 5.57 Å². The van der Waals surface area contributed by atoms with Crippen molar-refractivity contribution in [2.24, 2.45) is 0 Å². The molecule has 0 bridgehead atoms. The highest BCUT2D eigenvalue weighted by atomic mass is 19.4. The van der Waals surface area contributed by atoms with Crippen molar-refractivity contribution in [1.29, 1.82) is 0 Å². The number of oxazole rings is 1. The van der Waals surface area contributed by atoms with Gasteiger partial charge in [-0.25, -0.2) is 4.98 Å². The van der Waals surface area contributed by atoms with E-state index in [2.05, 4.69) is 10.3 Å². The van der Waals surface area contributed by atoms with Crippen LogP contribution in [0.25, 0.3) is 16.7 Å². The highest BCUT2D eigenvalue weighted by Gasteiger charge is 2.35. The molecule has 1 aliphatic rings. The second-order valence-electron chi connectivity index (χ2n) is 6.42. The average Bonchev–Trinajstić information content (AvgIpc) is 3.39. The van der Waals surface area contributed by atoms with Gasteiger partial charge in [0.25, 0.3) is 0 Å². The highest BCUT2D eigenvalue weighted by Crippen LogP contribution is 2.40. The lowest BCUT2D eigenvalue weighted by Crippen LogP contribution is -2.16. The number of hydrogen-bond donors (Lipinski definition) is 1. The Morgan fingerprint density at radius 1 is 1.15 bits per heavy atom. The number of halogens is 3. The standard InChI is InChI=1S/C20H15F3N2O2/c21-20(22,23)15(12-4-2-1-3-5-12)11-18(26)24-14-8-9-17-16(10-14)25-19(27-17)13-6-7-13/h1-5,8-11,13H,6-7H2,(H,24,26)/b15-11+. The summed E-state index contributed by atoms with van der Waals surface area (Å²) in [4.78, 5) is 16.5. The van der Waals surface area contributed by atoms with Crippen molar-refractivity contribution < 1.29 is 22.4 Å². The summed E-state index contributed by atoms with van der Waals surface area (Å²) in [5.41, 5.74) is 0.442. The Morgan fingerprint density at radius 3 is 2.56 bits per heavy atom. The summed E-state index contributed by atoms with van der Waals surface area (Å²) in [7, 11) is 0. The van der Waals surface area contributed by atoms with E-state index in [-0.39, 0.29) is 5.56 Å². The Hall–Kier alpha value is -3.09. The number of carbonyl (C=O) groups excluding carboxylic acids is 1. The zero-order chi connectivity index (χ0) is 19.0. The summed E-state index contributed by atoms with van der Waals surface area (Å²) in [6, 6.07) is 12.0. The van der Waals surface area contributed by atoms with Crippen molar-refractivity contribution in [1.82, 2.24) is 4.98 Å². The summed E-state index contributed by atoms with van der Waals surface area (Å²) in [6.07, 6.45) is -1.99. The van der Waals surface area contributed by atoms with Crippen LogP contribution in [0.2, 0.25) is 0 Å². The van der Waals surface area contributed by atoms with Crippen LogP contribution in [0.1, 0.15) is 30.2 Å². The number of aromatic nitrogens is 1. The van der Waals surface area contributed by atoms with Gasteiger partial charge in [-0.1, -0.05) is 30.3 Å². The summed E-state index contributed by atoms with van der Waals surface area (Å²) < 4.78 is 45.6. The molecule has 27 heavy (non-hydrogen) atoms. The molecule has 0 saturated heterocycles. The van der Waals surface area contributed by atoms with Crippen molar-refractivity contribution in [3.05, 3.63) is 66.1 Å². The monoisotopic (exact) mass is 372 g/mol. The second kappa shape index (κ2) is 6.57. The minimum atomic E-state index is -4.64. The summed E-state index contributed by atoms with van der Waals surface area (Å²) in [6.45, 7) is 0. The molecule has 138 valence electrons. The predicted octanol–water partition coefficient (Wildman–Crippen LogP) is 5.29. The zero-order valence-corrected chi connectivity index (χ0v) is 14.1. The molecule has 1 saturated carbocycles. The van der Waals surface area contributed by atoms with E-state index < -0.39 is 17.7 Å². The van der Waals surface area contributed by atoms with E-state index in [4.69, 9.17) is 4.42 Å². The summed E-state index contributed by atoms with van der Waals surface area (Å²) >= 11 is 0. The lowest BCUT2D eigenvalue weighted by atomic mass is 10.1. The van der Waals surface area contributed by atoms with Crippen LogP contribution in [-0.4, -0.2) is 17.1 Å². The van der Waals surface area contributed by atoms with Crippen LogP contribution < -0.4 is 5.32 Å². The number of amides is 1. The number of carbonyl (C=O) groups is 1. The minimum absolute atomic E-state index is 0.0684. The molecule has 1 heterocycles. The van der Waals surface area contributed by atoms with Crippen molar-refractivity contribution in [2.45, 2.75) is 24.9 Å². The Bertz CT molecular complexity index is 1020. The van der Waals surface area contributed by atoms with Gasteiger partial charge in [0.2, 0.25) is 5.91 Å². The highest BCUT2D eigenvalue weighted by molar-refractivity contribution is 6.05. The number of anilines is 1. The van der Waals surface area contributed by atoms with Crippen LogP contribution in [-0.2, 0) is 4.79 Å². The molecule has 4 rings (SSSR count). The van der Waals surface area contributed by atoms with E-state index in [9.17, 15) is 18.0 Å². The van der Waals surface area contributed by atoms with E-state index in [0.717, 1.165) is 12.8 Å². The number of benzene rings is 2. The first-order chi connectivity index (χ1) is 12.9. The molecule has 7 heteroatoms. The molecule has 0 atom stereocenters. The first-order valence-corrected chi connectivity index (χ1v) is 8.46. The minimum Gasteiger partial charge on any atom is -0.440 e. The number of nitrogens with one attached hydrogen (secondary N) is 1. The van der Waals surface area contributed by atoms with Crippen LogP contribution >= 0.6 is 0 Å². The molecule has 1 aliphatic carbocycles. The van der Waals surface area contributed by atoms with Gasteiger partial charge in [0.15, 0.2) is 11.5 Å². The molecule has 1 fully saturated rings. The number of alkyl halides is 3. The first kappa shape index (κ1) is 17.3. The number of hydrogen-bond acceptors (Lipinski definition) is 3. The number of rotatable bonds is 4. The van der Waals surface area contributed by atoms with E-state index >= 15 is 0 Å². The van der Waals surface area contributed by atoms with Crippen LogP contribution in [0, 0.1) is 0 Å². The molecule has 2 aromatic carbocycles. The van der Waals surface area contributed by atoms with E-state index in [0.29, 0.717) is 34.7 Å². The molecule has 1 N–H and O–H groups in total. The van der Waals surface area contributed by atoms with Gasteiger partial charge in [-0.3, -0.25) is 4.79 Å². The molecule has 0 spiro atoms. The largest absolute Gasteiger partial charge is 0.440 e. The fraction of sp³-hybridized carbons (Fsp3) is 0.200. The Morgan fingerprint density at radius 2 is 1.89 bits per heavy atom. The Balaban J connectivity index is 1.58. The normalized spacial score (nSPS) is 15.1. The van der Waals surface area contributed by atoms with Crippen LogP contribution in [0.5, 0.6) is 0 Å². The molecular weight excluding hydrogens is 357 g/mol. The predicted molar refractivity (Wildman–Crippen MR) is 95.1 cm³/mol. The fourth-order valence-electron chi connectivity index (χ4n) is 2.78. The van der Waals surface area contributed by atoms with Gasteiger partial charge >= 0.3 is 6.18 Å². The first-order valence-electron chi connectivity index (χ1n) is 8.46. The van der Waals surface area contributed by atoms with Gasteiger partial charge in [-0.05, 0) is 36.6 Å². The average molecular weight is 372 g/mol. The molecule has 1 amide bonds. The molecule has 0 aliphatic heterocycles. The SMILES string of the molecule is O=C(/C=C(\c1ccccc1)C(F)(F)F)Nc1ccc2oc(C3CC3)nc2c1. The third-order valence-electron chi connectivity index (χ3n) is 4.26. The summed E-state index contributed by atoms with van der Waals surface area (Å²) in [5, 5.41) is 2.46. The maximum atomic E-state index is 13.3. The van der Waals surface area contributed by atoms with Crippen molar-refractivity contribution >= 4 is 28.3 Å². The van der Waals surface area contributed by atoms with Gasteiger partial charge in [0.1, 0.15) is 5.52 Å². The lowest BCUT2D eigenvalue weighted by molar-refractivity contribution is -0.112. The van der Waals surface area contributed by atoms with Crippen molar-refractivity contribution in [3.8, 4) is 0 Å². The molecular formula is C20H15F3N2O2. The van der Waals surface area contributed by atoms with Crippen LogP contribution in [0.3, 0.4) is 0 Å². The zero-order valence-electron chi connectivity index (χ0n) is 14.1. The number of fused-ring (bicyclic) bond motifs is 1. The van der Waals surface area contributed by atoms with Crippen molar-refractivity contribution in [2.75, 3.05) is 5.32 Å².